The van der Waals surface area contributed by atoms with E-state index in [4.69, 9.17) is 13.9 Å². The van der Waals surface area contributed by atoms with Gasteiger partial charge in [0.15, 0.2) is 0 Å². The first-order valence-corrected chi connectivity index (χ1v) is 9.98. The van der Waals surface area contributed by atoms with Crippen LogP contribution in [0.2, 0.25) is 0 Å². The second kappa shape index (κ2) is 8.03. The fraction of sp³-hybridized carbons (Fsp3) is 0.0800. The number of anilines is 1. The van der Waals surface area contributed by atoms with Crippen LogP contribution in [0.25, 0.3) is 21.9 Å². The van der Waals surface area contributed by atoms with Gasteiger partial charge < -0.3 is 19.2 Å². The van der Waals surface area contributed by atoms with Crippen molar-refractivity contribution in [1.29, 1.82) is 0 Å². The Hall–Kier alpha value is -4.39. The van der Waals surface area contributed by atoms with Crippen molar-refractivity contribution in [3.8, 4) is 17.2 Å². The van der Waals surface area contributed by atoms with Crippen molar-refractivity contribution < 1.29 is 18.7 Å². The Morgan fingerprint density at radius 1 is 0.938 bits per heavy atom. The van der Waals surface area contributed by atoms with Crippen molar-refractivity contribution in [2.75, 3.05) is 12.4 Å². The molecule has 1 N–H and O–H groups in total. The fourth-order valence-electron chi connectivity index (χ4n) is 3.61. The number of nitrogens with one attached hydrogen (secondary N) is 1. The maximum atomic E-state index is 12.8. The van der Waals surface area contributed by atoms with Crippen molar-refractivity contribution >= 4 is 33.6 Å². The Balaban J connectivity index is 1.46. The minimum absolute atomic E-state index is 0.275. The largest absolute Gasteiger partial charge is 0.497 e. The zero-order valence-electron chi connectivity index (χ0n) is 17.5. The van der Waals surface area contributed by atoms with Gasteiger partial charge in [-0.1, -0.05) is 6.07 Å². The first-order valence-electron chi connectivity index (χ1n) is 9.98. The number of aryl methyl sites for hydroxylation is 1. The molecule has 5 rings (SSSR count). The second-order valence-electron chi connectivity index (χ2n) is 7.15. The topological polar surface area (TPSA) is 86.5 Å². The van der Waals surface area contributed by atoms with E-state index in [2.05, 4.69) is 15.3 Å². The molecule has 0 saturated heterocycles. The van der Waals surface area contributed by atoms with Gasteiger partial charge in [-0.15, -0.1) is 0 Å². The van der Waals surface area contributed by atoms with E-state index >= 15 is 0 Å². The van der Waals surface area contributed by atoms with Gasteiger partial charge in [0, 0.05) is 35.3 Å². The van der Waals surface area contributed by atoms with Gasteiger partial charge in [-0.2, -0.15) is 0 Å². The third kappa shape index (κ3) is 3.60. The molecule has 0 aliphatic rings. The monoisotopic (exact) mass is 425 g/mol. The zero-order chi connectivity index (χ0) is 22.1. The van der Waals surface area contributed by atoms with Crippen molar-refractivity contribution in [3.05, 3.63) is 84.4 Å². The van der Waals surface area contributed by atoms with E-state index in [1.165, 1.54) is 0 Å². The Morgan fingerprint density at radius 3 is 2.59 bits per heavy atom. The lowest BCUT2D eigenvalue weighted by molar-refractivity contribution is 0.102. The summed E-state index contributed by atoms with van der Waals surface area (Å²) in [7, 11) is 1.62. The van der Waals surface area contributed by atoms with E-state index in [1.807, 2.05) is 36.4 Å². The molecule has 0 saturated carbocycles. The molecule has 3 heterocycles. The number of nitrogens with zero attached hydrogens (tertiary/aromatic N) is 2. The number of furan rings is 1. The number of ether oxygens (including phenoxy) is 2. The van der Waals surface area contributed by atoms with E-state index in [0.717, 1.165) is 16.7 Å². The molecular formula is C25H19N3O4. The average molecular weight is 425 g/mol. The first-order chi connectivity index (χ1) is 15.6. The predicted octanol–water partition coefficient (Wildman–Crippen LogP) is 5.74. The number of methoxy groups -OCH3 is 1. The molecule has 7 nitrogen and oxygen atoms in total. The van der Waals surface area contributed by atoms with Gasteiger partial charge >= 0.3 is 0 Å². The molecule has 2 aromatic carbocycles. The summed E-state index contributed by atoms with van der Waals surface area (Å²) in [5.74, 6) is 2.70. The van der Waals surface area contributed by atoms with Crippen molar-refractivity contribution in [2.45, 2.75) is 6.92 Å². The first kappa shape index (κ1) is 19.6. The van der Waals surface area contributed by atoms with Gasteiger partial charge in [-0.3, -0.25) is 9.78 Å². The molecule has 0 aliphatic heterocycles. The molecule has 0 bridgehead atoms. The van der Waals surface area contributed by atoms with E-state index < -0.39 is 0 Å². The molecular weight excluding hydrogens is 406 g/mol. The van der Waals surface area contributed by atoms with Gasteiger partial charge in [-0.25, -0.2) is 4.98 Å². The quantitative estimate of drug-likeness (QED) is 0.387. The number of fused-ring (bicyclic) bond motifs is 2. The van der Waals surface area contributed by atoms with Crippen LogP contribution in [0.1, 0.15) is 16.1 Å². The number of hydrogen-bond donors (Lipinski definition) is 1. The van der Waals surface area contributed by atoms with Gasteiger partial charge in [0.2, 0.25) is 0 Å². The summed E-state index contributed by atoms with van der Waals surface area (Å²) in [5, 5.41) is 4.36. The molecule has 32 heavy (non-hydrogen) atoms. The van der Waals surface area contributed by atoms with Crippen LogP contribution >= 0.6 is 0 Å². The zero-order valence-corrected chi connectivity index (χ0v) is 17.5. The van der Waals surface area contributed by atoms with Crippen LogP contribution in [-0.4, -0.2) is 23.0 Å². The maximum absolute atomic E-state index is 12.8. The lowest BCUT2D eigenvalue weighted by Crippen LogP contribution is -2.13. The van der Waals surface area contributed by atoms with Crippen LogP contribution in [0, 0.1) is 6.92 Å². The van der Waals surface area contributed by atoms with Crippen molar-refractivity contribution in [1.82, 2.24) is 9.97 Å². The minimum atomic E-state index is -0.275. The Bertz CT molecular complexity index is 1440. The van der Waals surface area contributed by atoms with Gasteiger partial charge in [0.05, 0.1) is 18.2 Å². The molecule has 5 aromatic rings. The number of carbonyl (C=O) groups is 1. The minimum Gasteiger partial charge on any atom is -0.497 e. The fourth-order valence-corrected chi connectivity index (χ4v) is 3.61. The maximum Gasteiger partial charge on any atom is 0.260 e. The highest BCUT2D eigenvalue weighted by molar-refractivity contribution is 6.13. The summed E-state index contributed by atoms with van der Waals surface area (Å²) in [6, 6.07) is 18.2. The standard InChI is InChI=1S/C25H19N3O4/c1-15-24(25(29)28-23-5-3-4-11-27-23)19-9-7-17(14-22(19)31-15)32-21-10-12-26-20-13-16(30-2)6-8-18(20)21/h3-14H,1-2H3,(H,27,28,29). The van der Waals surface area contributed by atoms with Crippen LogP contribution in [0.15, 0.2) is 77.5 Å². The third-order valence-corrected chi connectivity index (χ3v) is 5.11. The second-order valence-corrected chi connectivity index (χ2v) is 7.15. The molecule has 0 atom stereocenters. The lowest BCUT2D eigenvalue weighted by atomic mass is 10.1. The van der Waals surface area contributed by atoms with E-state index in [0.29, 0.717) is 39.6 Å². The van der Waals surface area contributed by atoms with E-state index in [-0.39, 0.29) is 5.91 Å². The molecule has 7 heteroatoms. The highest BCUT2D eigenvalue weighted by Crippen LogP contribution is 2.34. The van der Waals surface area contributed by atoms with E-state index in [9.17, 15) is 4.79 Å². The Morgan fingerprint density at radius 2 is 1.78 bits per heavy atom. The number of aromatic nitrogens is 2. The number of carbonyl (C=O) groups excluding carboxylic acids is 1. The normalized spacial score (nSPS) is 10.9. The predicted molar refractivity (Wildman–Crippen MR) is 122 cm³/mol. The van der Waals surface area contributed by atoms with E-state index in [1.54, 1.807) is 50.7 Å². The summed E-state index contributed by atoms with van der Waals surface area (Å²) < 4.78 is 17.3. The highest BCUT2D eigenvalue weighted by atomic mass is 16.5. The van der Waals surface area contributed by atoms with Crippen LogP contribution < -0.4 is 14.8 Å². The Labute approximate surface area is 183 Å². The molecule has 0 fully saturated rings. The molecule has 0 unspecified atom stereocenters. The summed E-state index contributed by atoms with van der Waals surface area (Å²) in [6.45, 7) is 1.76. The number of rotatable bonds is 5. The number of amides is 1. The van der Waals surface area contributed by atoms with Crippen LogP contribution in [0.5, 0.6) is 17.2 Å². The SMILES string of the molecule is COc1ccc2c(Oc3ccc4c(C(=O)Nc5ccccn5)c(C)oc4c3)ccnc2c1. The number of hydrogen-bond acceptors (Lipinski definition) is 6. The number of pyridine rings is 2. The van der Waals surface area contributed by atoms with Gasteiger partial charge in [0.25, 0.3) is 5.91 Å². The summed E-state index contributed by atoms with van der Waals surface area (Å²) in [5.41, 5.74) is 1.80. The molecule has 1 amide bonds. The lowest BCUT2D eigenvalue weighted by Gasteiger charge is -2.09. The summed E-state index contributed by atoms with van der Waals surface area (Å²) in [6.07, 6.45) is 3.31. The van der Waals surface area contributed by atoms with Gasteiger partial charge in [0.1, 0.15) is 34.4 Å². The molecule has 0 aliphatic carbocycles. The number of benzene rings is 2. The molecule has 0 radical (unpaired) electrons. The Kier molecular flexibility index (Phi) is 4.91. The smallest absolute Gasteiger partial charge is 0.260 e. The third-order valence-electron chi connectivity index (χ3n) is 5.11. The summed E-state index contributed by atoms with van der Waals surface area (Å²) in [4.78, 5) is 21.3. The van der Waals surface area contributed by atoms with Crippen LogP contribution in [0.3, 0.4) is 0 Å². The average Bonchev–Trinajstić information content (AvgIpc) is 3.14. The van der Waals surface area contributed by atoms with Crippen LogP contribution in [-0.2, 0) is 0 Å². The van der Waals surface area contributed by atoms with Gasteiger partial charge in [-0.05, 0) is 49.4 Å². The van der Waals surface area contributed by atoms with Crippen LogP contribution in [0.4, 0.5) is 5.82 Å². The molecule has 3 aromatic heterocycles. The molecule has 0 spiro atoms. The summed E-state index contributed by atoms with van der Waals surface area (Å²) >= 11 is 0. The highest BCUT2D eigenvalue weighted by Gasteiger charge is 2.19. The molecule has 158 valence electrons. The van der Waals surface area contributed by atoms with Crippen molar-refractivity contribution in [2.24, 2.45) is 0 Å². The van der Waals surface area contributed by atoms with Crippen molar-refractivity contribution in [3.63, 3.8) is 0 Å².